The molecule has 0 unspecified atom stereocenters. The van der Waals surface area contributed by atoms with Gasteiger partial charge in [0.15, 0.2) is 0 Å². The molecule has 0 N–H and O–H groups in total. The Labute approximate surface area is 150 Å². The summed E-state index contributed by atoms with van der Waals surface area (Å²) in [5.74, 6) is -0.470. The zero-order chi connectivity index (χ0) is 17.9. The first-order valence-corrected chi connectivity index (χ1v) is 9.32. The Morgan fingerprint density at radius 1 is 1.08 bits per heavy atom. The molecule has 0 fully saturated rings. The predicted octanol–water partition coefficient (Wildman–Crippen LogP) is 5.65. The lowest BCUT2D eigenvalue weighted by Crippen LogP contribution is -2.28. The highest BCUT2D eigenvalue weighted by molar-refractivity contribution is 9.11. The zero-order valence-corrected chi connectivity index (χ0v) is 15.7. The van der Waals surface area contributed by atoms with Crippen LogP contribution in [0, 0.1) is 6.92 Å². The van der Waals surface area contributed by atoms with Crippen LogP contribution >= 0.6 is 31.9 Å². The molecule has 1 aromatic heterocycles. The summed E-state index contributed by atoms with van der Waals surface area (Å²) in [6.45, 7) is 1.86. The van der Waals surface area contributed by atoms with E-state index >= 15 is 0 Å². The van der Waals surface area contributed by atoms with Gasteiger partial charge in [0.1, 0.15) is 16.9 Å². The maximum atomic E-state index is 12.5. The van der Waals surface area contributed by atoms with Gasteiger partial charge < -0.3 is 8.60 Å². The number of furan rings is 1. The largest absolute Gasteiger partial charge is 0.534 e. The molecule has 0 saturated carbocycles. The summed E-state index contributed by atoms with van der Waals surface area (Å²) in [4.78, 5) is 0. The first-order valence-electron chi connectivity index (χ1n) is 6.32. The highest BCUT2D eigenvalue weighted by Crippen LogP contribution is 2.41. The Balaban J connectivity index is 2.25. The molecule has 0 aliphatic rings. The van der Waals surface area contributed by atoms with E-state index in [1.54, 1.807) is 6.07 Å². The Bertz CT molecular complexity index is 1070. The fraction of sp³-hybridized carbons (Fsp3) is 0.143. The average Bonchev–Trinajstić information content (AvgIpc) is 2.75. The average molecular weight is 488 g/mol. The van der Waals surface area contributed by atoms with Crippen molar-refractivity contribution < 1.29 is 30.2 Å². The van der Waals surface area contributed by atoms with E-state index in [0.717, 1.165) is 11.6 Å². The van der Waals surface area contributed by atoms with Gasteiger partial charge in [0, 0.05) is 15.2 Å². The lowest BCUT2D eigenvalue weighted by molar-refractivity contribution is -0.0500. The number of rotatable bonds is 2. The first kappa shape index (κ1) is 17.6. The third kappa shape index (κ3) is 2.91. The van der Waals surface area contributed by atoms with Gasteiger partial charge in [-0.25, -0.2) is 0 Å². The fourth-order valence-corrected chi connectivity index (χ4v) is 3.98. The van der Waals surface area contributed by atoms with Gasteiger partial charge >= 0.3 is 15.6 Å². The van der Waals surface area contributed by atoms with Gasteiger partial charge in [-0.2, -0.15) is 21.6 Å². The van der Waals surface area contributed by atoms with E-state index in [2.05, 4.69) is 36.0 Å². The Morgan fingerprint density at radius 2 is 1.75 bits per heavy atom. The predicted molar refractivity (Wildman–Crippen MR) is 89.5 cm³/mol. The molecule has 0 aliphatic carbocycles. The van der Waals surface area contributed by atoms with E-state index in [9.17, 15) is 21.6 Å². The van der Waals surface area contributed by atoms with Crippen LogP contribution in [0.2, 0.25) is 0 Å². The van der Waals surface area contributed by atoms with Gasteiger partial charge in [-0.1, -0.05) is 15.9 Å². The van der Waals surface area contributed by atoms with Crippen LogP contribution in [0.4, 0.5) is 13.2 Å². The molecule has 3 aromatic rings. The second kappa shape index (κ2) is 5.63. The molecule has 24 heavy (non-hydrogen) atoms. The topological polar surface area (TPSA) is 56.5 Å². The van der Waals surface area contributed by atoms with Crippen molar-refractivity contribution in [3.8, 4) is 5.75 Å². The van der Waals surface area contributed by atoms with Crippen LogP contribution < -0.4 is 4.18 Å². The Hall–Kier alpha value is -1.26. The lowest BCUT2D eigenvalue weighted by atomic mass is 10.1. The maximum Gasteiger partial charge on any atom is 0.534 e. The number of fused-ring (bicyclic) bond motifs is 3. The minimum Gasteiger partial charge on any atom is -0.455 e. The number of benzene rings is 2. The summed E-state index contributed by atoms with van der Waals surface area (Å²) in [7, 11) is -5.75. The fourth-order valence-electron chi connectivity index (χ4n) is 2.24. The van der Waals surface area contributed by atoms with Crippen LogP contribution in [-0.4, -0.2) is 13.9 Å². The number of hydrogen-bond donors (Lipinski definition) is 0. The normalized spacial score (nSPS) is 12.9. The van der Waals surface area contributed by atoms with Crippen molar-refractivity contribution in [2.24, 2.45) is 0 Å². The molecular weight excluding hydrogens is 481 g/mol. The molecule has 0 aliphatic heterocycles. The van der Waals surface area contributed by atoms with Crippen LogP contribution in [0.25, 0.3) is 21.9 Å². The molecule has 128 valence electrons. The SMILES string of the molecule is Cc1cc(Br)c2c(c1)oc1c(Br)cc(OS(=O)(=O)C(F)(F)F)cc12. The van der Waals surface area contributed by atoms with Crippen molar-refractivity contribution in [2.45, 2.75) is 12.4 Å². The van der Waals surface area contributed by atoms with Crippen LogP contribution in [0.5, 0.6) is 5.75 Å². The van der Waals surface area contributed by atoms with Crippen molar-refractivity contribution in [1.29, 1.82) is 0 Å². The standard InChI is InChI=1S/C14H7Br2F3O4S/c1-6-2-9(15)12-8-4-7(23-24(20,21)14(17,18)19)5-10(16)13(8)22-11(12)3-6/h2-5H,1H3. The lowest BCUT2D eigenvalue weighted by Gasteiger charge is -2.09. The molecular formula is C14H7Br2F3O4S. The number of halogens is 5. The summed E-state index contributed by atoms with van der Waals surface area (Å²) >= 11 is 6.54. The van der Waals surface area contributed by atoms with Gasteiger partial charge in [0.05, 0.1) is 4.47 Å². The van der Waals surface area contributed by atoms with Crippen molar-refractivity contribution in [1.82, 2.24) is 0 Å². The van der Waals surface area contributed by atoms with Crippen LogP contribution in [-0.2, 0) is 10.1 Å². The minimum absolute atomic E-state index is 0.271. The second-order valence-corrected chi connectivity index (χ2v) is 8.23. The third-order valence-corrected chi connectivity index (χ3v) is 5.38. The second-order valence-electron chi connectivity index (χ2n) is 4.99. The van der Waals surface area contributed by atoms with Crippen molar-refractivity contribution in [3.05, 3.63) is 38.8 Å². The van der Waals surface area contributed by atoms with Gasteiger partial charge in [-0.15, -0.1) is 0 Å². The summed E-state index contributed by atoms with van der Waals surface area (Å²) in [5, 5.41) is 1.02. The van der Waals surface area contributed by atoms with Crippen LogP contribution in [0.3, 0.4) is 0 Å². The summed E-state index contributed by atoms with van der Waals surface area (Å²) < 4.78 is 70.7. The Kier molecular flexibility index (Phi) is 4.12. The van der Waals surface area contributed by atoms with Crippen molar-refractivity contribution in [3.63, 3.8) is 0 Å². The molecule has 0 atom stereocenters. The van der Waals surface area contributed by atoms with E-state index in [4.69, 9.17) is 4.42 Å². The maximum absolute atomic E-state index is 12.5. The molecule has 2 aromatic carbocycles. The first-order chi connectivity index (χ1) is 11.0. The molecule has 0 bridgehead atoms. The minimum atomic E-state index is -5.75. The van der Waals surface area contributed by atoms with Crippen LogP contribution in [0.1, 0.15) is 5.56 Å². The van der Waals surface area contributed by atoms with E-state index in [-0.39, 0.29) is 4.47 Å². The monoisotopic (exact) mass is 486 g/mol. The number of alkyl halides is 3. The van der Waals surface area contributed by atoms with E-state index in [1.807, 2.05) is 13.0 Å². The van der Waals surface area contributed by atoms with Crippen molar-refractivity contribution >= 4 is 63.9 Å². The van der Waals surface area contributed by atoms with E-state index in [1.165, 1.54) is 6.07 Å². The summed E-state index contributed by atoms with van der Waals surface area (Å²) in [6.07, 6.45) is 0. The van der Waals surface area contributed by atoms with E-state index < -0.39 is 21.4 Å². The summed E-state index contributed by atoms with van der Waals surface area (Å²) in [5.41, 5.74) is -3.72. The van der Waals surface area contributed by atoms with Gasteiger partial charge in [0.25, 0.3) is 0 Å². The summed E-state index contributed by atoms with van der Waals surface area (Å²) in [6, 6.07) is 5.87. The molecule has 10 heteroatoms. The molecule has 0 radical (unpaired) electrons. The quantitative estimate of drug-likeness (QED) is 0.346. The number of aryl methyl sites for hydroxylation is 1. The van der Waals surface area contributed by atoms with Crippen molar-refractivity contribution in [2.75, 3.05) is 0 Å². The van der Waals surface area contributed by atoms with Gasteiger partial charge in [-0.05, 0) is 52.7 Å². The highest BCUT2D eigenvalue weighted by Gasteiger charge is 2.48. The van der Waals surface area contributed by atoms with Crippen LogP contribution in [0.15, 0.2) is 37.6 Å². The zero-order valence-electron chi connectivity index (χ0n) is 11.7. The number of hydrogen-bond acceptors (Lipinski definition) is 4. The Morgan fingerprint density at radius 3 is 2.38 bits per heavy atom. The molecule has 1 heterocycles. The van der Waals surface area contributed by atoms with Gasteiger partial charge in [0.2, 0.25) is 0 Å². The molecule has 3 rings (SSSR count). The third-order valence-electron chi connectivity index (χ3n) is 3.19. The highest BCUT2D eigenvalue weighted by atomic mass is 79.9. The smallest absolute Gasteiger partial charge is 0.455 e. The van der Waals surface area contributed by atoms with E-state index in [0.29, 0.717) is 26.4 Å². The molecule has 0 spiro atoms. The molecule has 0 amide bonds. The molecule has 4 nitrogen and oxygen atoms in total. The van der Waals surface area contributed by atoms with Gasteiger partial charge in [-0.3, -0.25) is 0 Å². The molecule has 0 saturated heterocycles.